The fourth-order valence-electron chi connectivity index (χ4n) is 3.51. The molecular weight excluding hydrogens is 520 g/mol. The predicted molar refractivity (Wildman–Crippen MR) is 155 cm³/mol. The molecule has 0 bridgehead atoms. The standard InChI is InChI=1S/C23H28N6O3S2.C2H6.C2H2/c1-14-19(34-15(2)25-14)17-13-33-21(26-17)27-18-7-6-16(12-24-18)20(30)28-8-10-29(11-9-28)22(31)32-23(3,4)5;2*1-2/h6-7,12-13H,8-11H2,1-5H3,(H,24,26,27);1-2H3;1-2H. The van der Waals surface area contributed by atoms with Crippen molar-refractivity contribution in [3.8, 4) is 23.4 Å². The molecule has 0 radical (unpaired) electrons. The summed E-state index contributed by atoms with van der Waals surface area (Å²) in [5.41, 5.74) is 1.84. The Balaban J connectivity index is 0.00000121. The summed E-state index contributed by atoms with van der Waals surface area (Å²) in [7, 11) is 0. The molecule has 1 N–H and O–H groups in total. The molecule has 2 amide bonds. The van der Waals surface area contributed by atoms with Gasteiger partial charge in [0.1, 0.15) is 11.4 Å². The maximum atomic E-state index is 12.9. The van der Waals surface area contributed by atoms with Crippen molar-refractivity contribution >= 4 is 45.6 Å². The quantitative estimate of drug-likeness (QED) is 0.394. The number of piperazine rings is 1. The van der Waals surface area contributed by atoms with Gasteiger partial charge in [-0.3, -0.25) is 4.79 Å². The zero-order valence-electron chi connectivity index (χ0n) is 23.1. The Kier molecular flexibility index (Phi) is 11.2. The molecular formula is C27H36N6O3S2. The highest BCUT2D eigenvalue weighted by Gasteiger charge is 2.28. The van der Waals surface area contributed by atoms with Crippen LogP contribution in [0.5, 0.6) is 0 Å². The molecule has 1 aliphatic rings. The molecule has 4 rings (SSSR count). The van der Waals surface area contributed by atoms with E-state index in [0.717, 1.165) is 26.4 Å². The van der Waals surface area contributed by atoms with Crippen molar-refractivity contribution in [2.24, 2.45) is 0 Å². The Hall–Kier alpha value is -3.49. The number of nitrogens with zero attached hydrogens (tertiary/aromatic N) is 5. The topological polar surface area (TPSA) is 101 Å². The number of amides is 2. The summed E-state index contributed by atoms with van der Waals surface area (Å²) in [5.74, 6) is 0.514. The summed E-state index contributed by atoms with van der Waals surface area (Å²) >= 11 is 3.12. The summed E-state index contributed by atoms with van der Waals surface area (Å²) in [6.07, 6.45) is 9.22. The molecule has 1 aliphatic heterocycles. The number of ether oxygens (including phenoxy) is 1. The molecule has 0 saturated carbocycles. The fourth-order valence-corrected chi connectivity index (χ4v) is 5.17. The maximum absolute atomic E-state index is 12.9. The molecule has 0 unspecified atom stereocenters. The van der Waals surface area contributed by atoms with E-state index in [4.69, 9.17) is 4.74 Å². The maximum Gasteiger partial charge on any atom is 0.410 e. The molecule has 1 fully saturated rings. The molecule has 204 valence electrons. The lowest BCUT2D eigenvalue weighted by Gasteiger charge is -2.35. The van der Waals surface area contributed by atoms with Crippen molar-refractivity contribution in [2.75, 3.05) is 31.5 Å². The van der Waals surface area contributed by atoms with Crippen molar-refractivity contribution in [3.63, 3.8) is 0 Å². The van der Waals surface area contributed by atoms with Crippen LogP contribution in [0.2, 0.25) is 0 Å². The highest BCUT2D eigenvalue weighted by atomic mass is 32.1. The molecule has 38 heavy (non-hydrogen) atoms. The van der Waals surface area contributed by atoms with Crippen LogP contribution in [0, 0.1) is 26.7 Å². The minimum absolute atomic E-state index is 0.101. The SMILES string of the molecule is C#C.CC.Cc1nc(C)c(-c2csc(Nc3ccc(C(=O)N4CCN(C(=O)OC(C)(C)C)CC4)cn3)n2)s1. The van der Waals surface area contributed by atoms with Gasteiger partial charge in [0.2, 0.25) is 0 Å². The van der Waals surface area contributed by atoms with Gasteiger partial charge in [-0.25, -0.2) is 19.7 Å². The number of aromatic nitrogens is 3. The van der Waals surface area contributed by atoms with Crippen LogP contribution in [0.4, 0.5) is 15.7 Å². The molecule has 0 spiro atoms. The number of carbonyl (C=O) groups excluding carboxylic acids is 2. The van der Waals surface area contributed by atoms with Crippen LogP contribution in [-0.2, 0) is 4.74 Å². The van der Waals surface area contributed by atoms with Crippen molar-refractivity contribution in [1.82, 2.24) is 24.8 Å². The van der Waals surface area contributed by atoms with Crippen LogP contribution in [0.1, 0.15) is 55.7 Å². The summed E-state index contributed by atoms with van der Waals surface area (Å²) in [6, 6.07) is 3.52. The Labute approximate surface area is 233 Å². The van der Waals surface area contributed by atoms with E-state index in [2.05, 4.69) is 33.1 Å². The third kappa shape index (κ3) is 8.26. The van der Waals surface area contributed by atoms with Crippen molar-refractivity contribution in [3.05, 3.63) is 40.0 Å². The van der Waals surface area contributed by atoms with E-state index in [1.165, 1.54) is 11.3 Å². The second kappa shape index (κ2) is 13.9. The monoisotopic (exact) mass is 556 g/mol. The van der Waals surface area contributed by atoms with E-state index < -0.39 is 5.60 Å². The molecule has 9 nitrogen and oxygen atoms in total. The van der Waals surface area contributed by atoms with Crippen molar-refractivity contribution in [2.45, 2.75) is 54.1 Å². The average molecular weight is 557 g/mol. The van der Waals surface area contributed by atoms with Gasteiger partial charge in [0.15, 0.2) is 5.13 Å². The van der Waals surface area contributed by atoms with Gasteiger partial charge < -0.3 is 19.9 Å². The van der Waals surface area contributed by atoms with E-state index in [-0.39, 0.29) is 12.0 Å². The van der Waals surface area contributed by atoms with Crippen LogP contribution < -0.4 is 5.32 Å². The number of nitrogens with one attached hydrogen (secondary N) is 1. The third-order valence-electron chi connectivity index (χ3n) is 5.10. The first-order valence-electron chi connectivity index (χ1n) is 12.3. The molecule has 0 atom stereocenters. The second-order valence-electron chi connectivity index (χ2n) is 9.00. The average Bonchev–Trinajstić information content (AvgIpc) is 3.50. The van der Waals surface area contributed by atoms with Gasteiger partial charge in [-0.05, 0) is 46.8 Å². The number of rotatable bonds is 4. The smallest absolute Gasteiger partial charge is 0.410 e. The van der Waals surface area contributed by atoms with Crippen molar-refractivity contribution < 1.29 is 14.3 Å². The highest BCUT2D eigenvalue weighted by molar-refractivity contribution is 7.16. The molecule has 11 heteroatoms. The first-order chi connectivity index (χ1) is 18.1. The first kappa shape index (κ1) is 30.7. The van der Waals surface area contributed by atoms with Gasteiger partial charge in [0, 0.05) is 37.8 Å². The lowest BCUT2D eigenvalue weighted by atomic mass is 10.2. The first-order valence-corrected chi connectivity index (χ1v) is 14.0. The number of aryl methyl sites for hydroxylation is 2. The number of anilines is 2. The van der Waals surface area contributed by atoms with E-state index in [1.54, 1.807) is 39.5 Å². The molecule has 3 aromatic rings. The van der Waals surface area contributed by atoms with Gasteiger partial charge in [0.05, 0.1) is 26.8 Å². The Morgan fingerprint density at radius 1 is 1.03 bits per heavy atom. The predicted octanol–water partition coefficient (Wildman–Crippen LogP) is 5.99. The molecule has 0 aliphatic carbocycles. The summed E-state index contributed by atoms with van der Waals surface area (Å²) in [4.78, 5) is 43.0. The zero-order chi connectivity index (χ0) is 28.5. The van der Waals surface area contributed by atoms with E-state index in [9.17, 15) is 9.59 Å². The zero-order valence-corrected chi connectivity index (χ0v) is 24.7. The largest absolute Gasteiger partial charge is 0.444 e. The Bertz CT molecular complexity index is 1220. The minimum Gasteiger partial charge on any atom is -0.444 e. The van der Waals surface area contributed by atoms with E-state index >= 15 is 0 Å². The van der Waals surface area contributed by atoms with Gasteiger partial charge in [0.25, 0.3) is 5.91 Å². The Morgan fingerprint density at radius 3 is 2.18 bits per heavy atom. The number of carbonyl (C=O) groups is 2. The van der Waals surface area contributed by atoms with Crippen LogP contribution >= 0.6 is 22.7 Å². The van der Waals surface area contributed by atoms with Gasteiger partial charge in [-0.2, -0.15) is 0 Å². The fraction of sp³-hybridized carbons (Fsp3) is 0.444. The molecule has 4 heterocycles. The Morgan fingerprint density at radius 2 is 1.66 bits per heavy atom. The molecule has 3 aromatic heterocycles. The number of hydrogen-bond donors (Lipinski definition) is 1. The minimum atomic E-state index is -0.537. The second-order valence-corrected chi connectivity index (χ2v) is 11.1. The normalized spacial score (nSPS) is 13.0. The number of terminal acetylenes is 1. The van der Waals surface area contributed by atoms with Gasteiger partial charge in [-0.15, -0.1) is 35.5 Å². The highest BCUT2D eigenvalue weighted by Crippen LogP contribution is 2.32. The van der Waals surface area contributed by atoms with Gasteiger partial charge >= 0.3 is 6.09 Å². The summed E-state index contributed by atoms with van der Waals surface area (Å²) in [6.45, 7) is 15.3. The number of hydrogen-bond acceptors (Lipinski definition) is 9. The van der Waals surface area contributed by atoms with Crippen LogP contribution in [0.15, 0.2) is 23.7 Å². The lowest BCUT2D eigenvalue weighted by Crippen LogP contribution is -2.51. The van der Waals surface area contributed by atoms with E-state index in [0.29, 0.717) is 37.6 Å². The molecule has 1 saturated heterocycles. The lowest BCUT2D eigenvalue weighted by molar-refractivity contribution is 0.0141. The number of pyridine rings is 1. The van der Waals surface area contributed by atoms with Crippen LogP contribution in [0.3, 0.4) is 0 Å². The summed E-state index contributed by atoms with van der Waals surface area (Å²) in [5, 5.41) is 6.94. The van der Waals surface area contributed by atoms with Crippen molar-refractivity contribution in [1.29, 1.82) is 0 Å². The van der Waals surface area contributed by atoms with E-state index in [1.807, 2.05) is 53.8 Å². The molecule has 0 aromatic carbocycles. The van der Waals surface area contributed by atoms with Gasteiger partial charge in [-0.1, -0.05) is 13.8 Å². The summed E-state index contributed by atoms with van der Waals surface area (Å²) < 4.78 is 5.41. The third-order valence-corrected chi connectivity index (χ3v) is 6.96. The van der Waals surface area contributed by atoms with Crippen LogP contribution in [-0.4, -0.2) is 68.5 Å². The van der Waals surface area contributed by atoms with Crippen LogP contribution in [0.25, 0.3) is 10.6 Å². The number of thiazole rings is 2.